The monoisotopic (exact) mass is 1010 g/mol. The minimum absolute atomic E-state index is 0. The topological polar surface area (TPSA) is 69.6 Å². The Morgan fingerprint density at radius 2 is 1.12 bits per heavy atom. The first-order chi connectivity index (χ1) is 19.2. The molecule has 2 aromatic rings. The average Bonchev–Trinajstić information content (AvgIpc) is 2.95. The van der Waals surface area contributed by atoms with Crippen LogP contribution in [0.1, 0.15) is 149 Å². The summed E-state index contributed by atoms with van der Waals surface area (Å²) in [6.07, 6.45) is 20.7. The van der Waals surface area contributed by atoms with Crippen molar-refractivity contribution in [3.8, 4) is 11.5 Å². The van der Waals surface area contributed by atoms with Crippen LogP contribution in [0.2, 0.25) is 0 Å². The van der Waals surface area contributed by atoms with Crippen molar-refractivity contribution in [1.82, 2.24) is 5.32 Å². The Kier molecular flexibility index (Phi) is 23.9. The number of phenols is 2. The van der Waals surface area contributed by atoms with Gasteiger partial charge in [-0.3, -0.25) is 4.79 Å². The smallest absolute Gasteiger partial charge is 0.251 e. The molecular weight excluding hydrogens is 948 g/mol. The normalized spacial score (nSPS) is 12.2. The van der Waals surface area contributed by atoms with E-state index >= 15 is 0 Å². The number of hydrogen-bond donors (Lipinski definition) is 3. The van der Waals surface area contributed by atoms with E-state index in [9.17, 15) is 15.0 Å². The first-order valence-corrected chi connectivity index (χ1v) is 16.1. The minimum atomic E-state index is -0.405. The summed E-state index contributed by atoms with van der Waals surface area (Å²) >= 11 is 0. The quantitative estimate of drug-likeness (QED) is 0.0915. The number of benzene rings is 2. The largest absolute Gasteiger partial charge is 0.507 e. The summed E-state index contributed by atoms with van der Waals surface area (Å²) in [6.45, 7) is 9.95. The Morgan fingerprint density at radius 1 is 0.667 bits per heavy atom. The molecule has 0 aromatic heterocycles. The van der Waals surface area contributed by atoms with Crippen LogP contribution in [0.4, 0.5) is 0 Å². The van der Waals surface area contributed by atoms with Crippen molar-refractivity contribution >= 4 is 5.91 Å². The van der Waals surface area contributed by atoms with Crippen molar-refractivity contribution in [3.05, 3.63) is 58.1 Å². The van der Waals surface area contributed by atoms with Gasteiger partial charge in [0.2, 0.25) is 0 Å². The van der Waals surface area contributed by atoms with Gasteiger partial charge < -0.3 is 15.5 Å². The maximum Gasteiger partial charge on any atom is 0.251 e. The SMILES string of the molecule is CCCCCCCCCCCCCCCCC(C)(CCc1c(C)c(O)c(C)c(C)c1O)NC(=O)c1ccccc1.[Ac].[Ac]. The Labute approximate surface area is 329 Å². The Bertz CT molecular complexity index is 999. The molecule has 2 aromatic carbocycles. The minimum Gasteiger partial charge on any atom is -0.507 e. The van der Waals surface area contributed by atoms with Gasteiger partial charge in [0.05, 0.1) is 0 Å². The molecule has 230 valence electrons. The van der Waals surface area contributed by atoms with Crippen LogP contribution in [0.5, 0.6) is 11.5 Å². The second-order valence-corrected chi connectivity index (χ2v) is 12.3. The van der Waals surface area contributed by atoms with E-state index < -0.39 is 5.54 Å². The summed E-state index contributed by atoms with van der Waals surface area (Å²) < 4.78 is 0. The van der Waals surface area contributed by atoms with E-state index in [-0.39, 0.29) is 106 Å². The molecule has 0 aliphatic rings. The van der Waals surface area contributed by atoms with Gasteiger partial charge >= 0.3 is 0 Å². The molecule has 0 aliphatic heterocycles. The molecule has 42 heavy (non-hydrogen) atoms. The molecule has 1 atom stereocenters. The fraction of sp³-hybridized carbons (Fsp3) is 0.639. The summed E-state index contributed by atoms with van der Waals surface area (Å²) in [6, 6.07) is 9.39. The zero-order chi connectivity index (χ0) is 29.4. The molecule has 2 radical (unpaired) electrons. The fourth-order valence-corrected chi connectivity index (χ4v) is 5.79. The van der Waals surface area contributed by atoms with Gasteiger partial charge in [0.15, 0.2) is 0 Å². The summed E-state index contributed by atoms with van der Waals surface area (Å²) in [4.78, 5) is 13.1. The van der Waals surface area contributed by atoms with Gasteiger partial charge in [-0.25, -0.2) is 0 Å². The number of aromatic hydroxyl groups is 2. The fourth-order valence-electron chi connectivity index (χ4n) is 5.79. The summed E-state index contributed by atoms with van der Waals surface area (Å²) in [5, 5.41) is 24.8. The molecule has 1 unspecified atom stereocenters. The number of nitrogens with one attached hydrogen (secondary N) is 1. The summed E-state index contributed by atoms with van der Waals surface area (Å²) in [5.74, 6) is 0.464. The number of phenolic OH excluding ortho intramolecular Hbond substituents is 2. The first-order valence-electron chi connectivity index (χ1n) is 16.1. The molecule has 0 aliphatic carbocycles. The van der Waals surface area contributed by atoms with Crippen molar-refractivity contribution in [1.29, 1.82) is 0 Å². The van der Waals surface area contributed by atoms with Crippen LogP contribution in [-0.2, 0) is 6.42 Å². The van der Waals surface area contributed by atoms with Crippen LogP contribution < -0.4 is 5.32 Å². The third kappa shape index (κ3) is 15.1. The molecule has 1 amide bonds. The van der Waals surface area contributed by atoms with Crippen LogP contribution in [0.15, 0.2) is 30.3 Å². The van der Waals surface area contributed by atoms with Crippen molar-refractivity contribution in [2.24, 2.45) is 0 Å². The molecule has 2 rings (SSSR count). The van der Waals surface area contributed by atoms with Crippen LogP contribution in [0.25, 0.3) is 0 Å². The molecule has 3 N–H and O–H groups in total. The molecule has 4 nitrogen and oxygen atoms in total. The zero-order valence-electron chi connectivity index (χ0n) is 27.4. The van der Waals surface area contributed by atoms with Gasteiger partial charge in [0.25, 0.3) is 5.91 Å². The van der Waals surface area contributed by atoms with Crippen molar-refractivity contribution in [2.75, 3.05) is 0 Å². The van der Waals surface area contributed by atoms with E-state index in [1.54, 1.807) is 0 Å². The van der Waals surface area contributed by atoms with E-state index in [1.807, 2.05) is 51.1 Å². The van der Waals surface area contributed by atoms with E-state index in [4.69, 9.17) is 0 Å². The first kappa shape index (κ1) is 42.4. The average molecular weight is 1010 g/mol. The number of hydrogen-bond acceptors (Lipinski definition) is 3. The molecule has 6 heteroatoms. The zero-order valence-corrected chi connectivity index (χ0v) is 36.9. The summed E-state index contributed by atoms with van der Waals surface area (Å²) in [5.41, 5.74) is 3.21. The second kappa shape index (κ2) is 23.7. The van der Waals surface area contributed by atoms with E-state index in [0.717, 1.165) is 35.1 Å². The third-order valence-electron chi connectivity index (χ3n) is 8.83. The number of rotatable bonds is 20. The van der Waals surface area contributed by atoms with Crippen molar-refractivity contribution in [2.45, 2.75) is 149 Å². The van der Waals surface area contributed by atoms with E-state index in [2.05, 4.69) is 19.2 Å². The molecule has 0 bridgehead atoms. The second-order valence-electron chi connectivity index (χ2n) is 12.3. The Morgan fingerprint density at radius 3 is 1.62 bits per heavy atom. The van der Waals surface area contributed by atoms with Gasteiger partial charge in [-0.05, 0) is 75.8 Å². The summed E-state index contributed by atoms with van der Waals surface area (Å²) in [7, 11) is 0. The van der Waals surface area contributed by atoms with Crippen LogP contribution >= 0.6 is 0 Å². The van der Waals surface area contributed by atoms with E-state index in [0.29, 0.717) is 18.4 Å². The van der Waals surface area contributed by atoms with Crippen molar-refractivity contribution in [3.63, 3.8) is 0 Å². The van der Waals surface area contributed by atoms with E-state index in [1.165, 1.54) is 83.5 Å². The van der Waals surface area contributed by atoms with Crippen LogP contribution in [0.3, 0.4) is 0 Å². The molecular formula is C36H57Ac2NO3. The molecule has 0 heterocycles. The predicted octanol–water partition coefficient (Wildman–Crippen LogP) is 10.0. The van der Waals surface area contributed by atoms with Crippen LogP contribution in [0, 0.1) is 109 Å². The van der Waals surface area contributed by atoms with Gasteiger partial charge in [-0.15, -0.1) is 0 Å². The number of carbonyl (C=O) groups is 1. The third-order valence-corrected chi connectivity index (χ3v) is 8.83. The van der Waals surface area contributed by atoms with Gasteiger partial charge in [0.1, 0.15) is 11.5 Å². The maximum absolute atomic E-state index is 13.1. The maximum atomic E-state index is 13.1. The number of carbonyl (C=O) groups excluding carboxylic acids is 1. The predicted molar refractivity (Wildman–Crippen MR) is 170 cm³/mol. The van der Waals surface area contributed by atoms with Gasteiger partial charge in [-0.1, -0.05) is 115 Å². The molecule has 0 saturated heterocycles. The van der Waals surface area contributed by atoms with Crippen molar-refractivity contribution < 1.29 is 103 Å². The van der Waals surface area contributed by atoms with Gasteiger partial charge in [0, 0.05) is 105 Å². The molecule has 0 fully saturated rings. The molecule has 0 spiro atoms. The standard InChI is InChI=1S/C36H57NO3.2Ac/c1-6-7-8-9-10-11-12-13-14-15-16-17-18-22-26-36(5,37-35(40)31-23-20-19-21-24-31)27-25-32-30(4)33(38)28(2)29(3)34(32)39;;/h19-21,23-24,38-39H,6-18,22,25-27H2,1-5H3,(H,37,40);;. The number of amides is 1. The molecule has 0 saturated carbocycles. The number of unbranched alkanes of at least 4 members (excludes halogenated alkanes) is 13. The van der Waals surface area contributed by atoms with Gasteiger partial charge in [-0.2, -0.15) is 0 Å². The Hall–Kier alpha value is 0.393. The van der Waals surface area contributed by atoms with Crippen LogP contribution in [-0.4, -0.2) is 21.7 Å². The Balaban J connectivity index is 0.00000840.